The summed E-state index contributed by atoms with van der Waals surface area (Å²) >= 11 is 0. The van der Waals surface area contributed by atoms with Crippen molar-refractivity contribution in [3.8, 4) is 40.0 Å². The number of rotatable bonds is 4. The van der Waals surface area contributed by atoms with Crippen LogP contribution in [0.3, 0.4) is 0 Å². The van der Waals surface area contributed by atoms with E-state index in [2.05, 4.69) is 19.0 Å². The zero-order valence-corrected chi connectivity index (χ0v) is 14.9. The minimum atomic E-state index is -1.20. The fourth-order valence-electron chi connectivity index (χ4n) is 2.77. The van der Waals surface area contributed by atoms with Crippen LogP contribution >= 0.6 is 0 Å². The molecule has 1 nitrogen and oxygen atoms in total. The van der Waals surface area contributed by atoms with Crippen LogP contribution in [0.2, 0.25) is 0 Å². The molecule has 0 heterocycles. The van der Waals surface area contributed by atoms with Gasteiger partial charge in [0.25, 0.3) is 0 Å². The quantitative estimate of drug-likeness (QED) is 0.488. The summed E-state index contributed by atoms with van der Waals surface area (Å²) in [6.07, 6.45) is 3.12. The molecule has 0 radical (unpaired) electrons. The predicted octanol–water partition coefficient (Wildman–Crippen LogP) is 6.36. The summed E-state index contributed by atoms with van der Waals surface area (Å²) in [5.41, 5.74) is 2.51. The second-order valence-electron chi connectivity index (χ2n) is 5.94. The first kappa shape index (κ1) is 18.6. The van der Waals surface area contributed by atoms with E-state index in [1.165, 1.54) is 36.8 Å². The summed E-state index contributed by atoms with van der Waals surface area (Å²) in [6, 6.07) is 14.7. The van der Waals surface area contributed by atoms with E-state index < -0.39 is 17.5 Å². The van der Waals surface area contributed by atoms with Gasteiger partial charge in [-0.2, -0.15) is 4.39 Å². The smallest absolute Gasteiger partial charge is 0.203 e. The van der Waals surface area contributed by atoms with E-state index in [1.807, 2.05) is 24.3 Å². The summed E-state index contributed by atoms with van der Waals surface area (Å²) in [6.45, 7) is 3.57. The molecule has 0 aliphatic heterocycles. The highest BCUT2D eigenvalue weighted by Crippen LogP contribution is 2.33. The molecule has 4 heteroatoms. The van der Waals surface area contributed by atoms with Crippen molar-refractivity contribution in [3.05, 3.63) is 77.6 Å². The highest BCUT2D eigenvalue weighted by atomic mass is 19.2. The number of hydrogen-bond acceptors (Lipinski definition) is 1. The second kappa shape index (κ2) is 8.01. The van der Waals surface area contributed by atoms with Crippen molar-refractivity contribution in [2.24, 2.45) is 0 Å². The lowest BCUT2D eigenvalue weighted by atomic mass is 9.98. The summed E-state index contributed by atoms with van der Waals surface area (Å²) in [4.78, 5) is 0. The molecule has 0 fully saturated rings. The van der Waals surface area contributed by atoms with Gasteiger partial charge in [0.15, 0.2) is 11.6 Å². The molecule has 0 aliphatic carbocycles. The van der Waals surface area contributed by atoms with Crippen molar-refractivity contribution in [3.63, 3.8) is 0 Å². The lowest BCUT2D eigenvalue weighted by Crippen LogP contribution is -1.96. The van der Waals surface area contributed by atoms with Gasteiger partial charge in [0.2, 0.25) is 5.82 Å². The molecular formula is C23H17F3O. The number of ether oxygens (including phenoxy) is 1. The zero-order valence-electron chi connectivity index (χ0n) is 14.9. The first-order valence-corrected chi connectivity index (χ1v) is 8.51. The molecule has 0 atom stereocenters. The maximum Gasteiger partial charge on any atom is 0.203 e. The van der Waals surface area contributed by atoms with Crippen LogP contribution in [-0.2, 0) is 6.42 Å². The van der Waals surface area contributed by atoms with Gasteiger partial charge in [-0.1, -0.05) is 49.2 Å². The third-order valence-corrected chi connectivity index (χ3v) is 4.26. The maximum atomic E-state index is 14.6. The molecule has 0 unspecified atom stereocenters. The Balaban J connectivity index is 1.98. The molecule has 0 aromatic heterocycles. The standard InChI is InChI=1S/C23H17F3O/c1-3-13-27-21-12-11-19(22(25)23(21)26)18-10-9-17(14-20(18)24)16-7-5-15(4-2)6-8-16/h5-12,14H,4H2,1-2H3. The predicted molar refractivity (Wildman–Crippen MR) is 101 cm³/mol. The Labute approximate surface area is 156 Å². The van der Waals surface area contributed by atoms with Gasteiger partial charge < -0.3 is 4.74 Å². The largest absolute Gasteiger partial charge is 0.404 e. The molecule has 0 spiro atoms. The first-order chi connectivity index (χ1) is 13.0. The molecule has 0 bridgehead atoms. The van der Waals surface area contributed by atoms with Gasteiger partial charge in [-0.15, -0.1) is 0 Å². The van der Waals surface area contributed by atoms with Crippen LogP contribution in [0.1, 0.15) is 19.4 Å². The molecule has 3 rings (SSSR count). The lowest BCUT2D eigenvalue weighted by Gasteiger charge is -2.10. The van der Waals surface area contributed by atoms with Crippen molar-refractivity contribution in [1.82, 2.24) is 0 Å². The number of benzene rings is 3. The Morgan fingerprint density at radius 2 is 1.48 bits per heavy atom. The number of halogens is 3. The molecule has 0 saturated heterocycles. The highest BCUT2D eigenvalue weighted by Gasteiger charge is 2.18. The van der Waals surface area contributed by atoms with E-state index >= 15 is 0 Å². The summed E-state index contributed by atoms with van der Waals surface area (Å²) < 4.78 is 48.0. The van der Waals surface area contributed by atoms with Crippen LogP contribution in [-0.4, -0.2) is 0 Å². The lowest BCUT2D eigenvalue weighted by molar-refractivity contribution is 0.435. The van der Waals surface area contributed by atoms with Gasteiger partial charge >= 0.3 is 0 Å². The molecule has 0 saturated carbocycles. The second-order valence-corrected chi connectivity index (χ2v) is 5.94. The van der Waals surface area contributed by atoms with Gasteiger partial charge in [0.1, 0.15) is 11.9 Å². The Bertz CT molecular complexity index is 1030. The monoisotopic (exact) mass is 366 g/mol. The molecule has 3 aromatic rings. The van der Waals surface area contributed by atoms with Crippen LogP contribution < -0.4 is 4.74 Å². The van der Waals surface area contributed by atoms with Crippen molar-refractivity contribution < 1.29 is 17.9 Å². The summed E-state index contributed by atoms with van der Waals surface area (Å²) in [5.74, 6) is -0.917. The molecule has 0 N–H and O–H groups in total. The van der Waals surface area contributed by atoms with Gasteiger partial charge in [-0.3, -0.25) is 0 Å². The Morgan fingerprint density at radius 3 is 2.11 bits per heavy atom. The third kappa shape index (κ3) is 3.83. The zero-order chi connectivity index (χ0) is 19.4. The Kier molecular flexibility index (Phi) is 5.52. The number of hydrogen-bond donors (Lipinski definition) is 0. The van der Waals surface area contributed by atoms with E-state index in [0.717, 1.165) is 12.0 Å². The summed E-state index contributed by atoms with van der Waals surface area (Å²) in [7, 11) is 0. The van der Waals surface area contributed by atoms with Crippen molar-refractivity contribution in [1.29, 1.82) is 0 Å². The molecule has 0 amide bonds. The van der Waals surface area contributed by atoms with Crippen molar-refractivity contribution in [2.45, 2.75) is 20.3 Å². The van der Waals surface area contributed by atoms with Crippen LogP contribution in [0.25, 0.3) is 22.3 Å². The van der Waals surface area contributed by atoms with Crippen LogP contribution in [0, 0.1) is 29.5 Å². The Morgan fingerprint density at radius 1 is 0.815 bits per heavy atom. The average Bonchev–Trinajstić information content (AvgIpc) is 2.69. The van der Waals surface area contributed by atoms with Crippen LogP contribution in [0.5, 0.6) is 5.75 Å². The minimum absolute atomic E-state index is 0.0199. The third-order valence-electron chi connectivity index (χ3n) is 4.26. The van der Waals surface area contributed by atoms with Gasteiger partial charge in [0, 0.05) is 18.1 Å². The molecule has 136 valence electrons. The molecule has 27 heavy (non-hydrogen) atoms. The van der Waals surface area contributed by atoms with Crippen molar-refractivity contribution in [2.75, 3.05) is 0 Å². The molecular weight excluding hydrogens is 349 g/mol. The van der Waals surface area contributed by atoms with Crippen LogP contribution in [0.15, 0.2) is 54.6 Å². The van der Waals surface area contributed by atoms with E-state index in [0.29, 0.717) is 5.56 Å². The first-order valence-electron chi connectivity index (χ1n) is 8.51. The van der Waals surface area contributed by atoms with Gasteiger partial charge in [0.05, 0.1) is 0 Å². The highest BCUT2D eigenvalue weighted by molar-refractivity contribution is 5.72. The van der Waals surface area contributed by atoms with Crippen LogP contribution in [0.4, 0.5) is 13.2 Å². The van der Waals surface area contributed by atoms with E-state index in [-0.39, 0.29) is 16.9 Å². The summed E-state index contributed by atoms with van der Waals surface area (Å²) in [5, 5.41) is 0. The fourth-order valence-corrected chi connectivity index (χ4v) is 2.77. The SMILES string of the molecule is CC#COc1ccc(-c2ccc(-c3ccc(CC)cc3)cc2F)c(F)c1F. The normalized spacial score (nSPS) is 10.3. The van der Waals surface area contributed by atoms with Gasteiger partial charge in [-0.25, -0.2) is 8.78 Å². The topological polar surface area (TPSA) is 9.23 Å². The molecule has 0 aliphatic rings. The maximum absolute atomic E-state index is 14.6. The van der Waals surface area contributed by atoms with E-state index in [9.17, 15) is 13.2 Å². The Hall–Kier alpha value is -3.19. The van der Waals surface area contributed by atoms with Gasteiger partial charge in [-0.05, 0) is 41.3 Å². The fraction of sp³-hybridized carbons (Fsp3) is 0.130. The van der Waals surface area contributed by atoms with E-state index in [4.69, 9.17) is 4.74 Å². The molecule has 3 aromatic carbocycles. The average molecular weight is 366 g/mol. The van der Waals surface area contributed by atoms with E-state index in [1.54, 1.807) is 6.07 Å². The van der Waals surface area contributed by atoms with Crippen molar-refractivity contribution >= 4 is 0 Å². The minimum Gasteiger partial charge on any atom is -0.404 e. The number of aryl methyl sites for hydroxylation is 1.